The molecule has 0 saturated carbocycles. The Morgan fingerprint density at radius 3 is 2.79 bits per heavy atom. The van der Waals surface area contributed by atoms with Crippen LogP contribution in [0.2, 0.25) is 10.0 Å². The molecule has 106 valence electrons. The maximum Gasteiger partial charge on any atom is 0.0595 e. The van der Waals surface area contributed by atoms with Crippen LogP contribution in [-0.4, -0.2) is 30.1 Å². The fourth-order valence-electron chi connectivity index (χ4n) is 2.72. The Hall–Kier alpha value is -0.280. The molecule has 1 aromatic rings. The van der Waals surface area contributed by atoms with Crippen molar-refractivity contribution in [2.24, 2.45) is 0 Å². The number of piperazine rings is 1. The van der Waals surface area contributed by atoms with Crippen LogP contribution in [0.25, 0.3) is 0 Å². The maximum absolute atomic E-state index is 6.09. The molecule has 1 N–H and O–H groups in total. The van der Waals surface area contributed by atoms with Crippen molar-refractivity contribution >= 4 is 23.2 Å². The predicted octanol–water partition coefficient (Wildman–Crippen LogP) is 3.96. The highest BCUT2D eigenvalue weighted by atomic mass is 35.5. The van der Waals surface area contributed by atoms with E-state index >= 15 is 0 Å². The first-order chi connectivity index (χ1) is 9.10. The van der Waals surface area contributed by atoms with Gasteiger partial charge in [0.2, 0.25) is 0 Å². The molecule has 1 aliphatic heterocycles. The SMILES string of the molecule is CCCC1CNC(C)CN1Cc1ccc(Cl)c(Cl)c1. The fourth-order valence-corrected chi connectivity index (χ4v) is 3.04. The molecule has 0 spiro atoms. The van der Waals surface area contributed by atoms with Gasteiger partial charge in [-0.3, -0.25) is 4.90 Å². The van der Waals surface area contributed by atoms with Crippen molar-refractivity contribution in [3.63, 3.8) is 0 Å². The summed E-state index contributed by atoms with van der Waals surface area (Å²) < 4.78 is 0. The van der Waals surface area contributed by atoms with Gasteiger partial charge in [0.15, 0.2) is 0 Å². The van der Waals surface area contributed by atoms with E-state index in [0.29, 0.717) is 22.1 Å². The topological polar surface area (TPSA) is 15.3 Å². The van der Waals surface area contributed by atoms with E-state index in [2.05, 4.69) is 30.1 Å². The van der Waals surface area contributed by atoms with Gasteiger partial charge >= 0.3 is 0 Å². The molecule has 0 radical (unpaired) electrons. The second-order valence-electron chi connectivity index (χ2n) is 5.43. The summed E-state index contributed by atoms with van der Waals surface area (Å²) in [5.74, 6) is 0. The average Bonchev–Trinajstić information content (AvgIpc) is 2.37. The van der Waals surface area contributed by atoms with E-state index in [1.807, 2.05) is 12.1 Å². The first-order valence-electron chi connectivity index (χ1n) is 7.01. The monoisotopic (exact) mass is 300 g/mol. The van der Waals surface area contributed by atoms with Crippen LogP contribution in [-0.2, 0) is 6.54 Å². The van der Waals surface area contributed by atoms with Gasteiger partial charge in [-0.1, -0.05) is 42.6 Å². The second-order valence-corrected chi connectivity index (χ2v) is 6.24. The van der Waals surface area contributed by atoms with E-state index in [1.165, 1.54) is 18.4 Å². The summed E-state index contributed by atoms with van der Waals surface area (Å²) in [6.07, 6.45) is 2.46. The fraction of sp³-hybridized carbons (Fsp3) is 0.600. The lowest BCUT2D eigenvalue weighted by Crippen LogP contribution is -2.54. The van der Waals surface area contributed by atoms with Crippen molar-refractivity contribution in [3.05, 3.63) is 33.8 Å². The summed E-state index contributed by atoms with van der Waals surface area (Å²) in [6, 6.07) is 7.12. The third kappa shape index (κ3) is 4.09. The summed E-state index contributed by atoms with van der Waals surface area (Å²) in [5.41, 5.74) is 1.24. The molecule has 2 rings (SSSR count). The lowest BCUT2D eigenvalue weighted by atomic mass is 10.0. The van der Waals surface area contributed by atoms with Gasteiger partial charge in [0.25, 0.3) is 0 Å². The highest BCUT2D eigenvalue weighted by Gasteiger charge is 2.25. The van der Waals surface area contributed by atoms with Gasteiger partial charge in [-0.15, -0.1) is 0 Å². The molecule has 0 aliphatic carbocycles. The summed E-state index contributed by atoms with van der Waals surface area (Å²) >= 11 is 12.1. The first-order valence-corrected chi connectivity index (χ1v) is 7.77. The zero-order chi connectivity index (χ0) is 13.8. The highest BCUT2D eigenvalue weighted by Crippen LogP contribution is 2.24. The van der Waals surface area contributed by atoms with Crippen LogP contribution >= 0.6 is 23.2 Å². The van der Waals surface area contributed by atoms with Crippen LogP contribution in [0.4, 0.5) is 0 Å². The number of nitrogens with one attached hydrogen (secondary N) is 1. The van der Waals surface area contributed by atoms with Gasteiger partial charge in [0.1, 0.15) is 0 Å². The summed E-state index contributed by atoms with van der Waals surface area (Å²) in [6.45, 7) is 7.61. The predicted molar refractivity (Wildman–Crippen MR) is 83.0 cm³/mol. The number of benzene rings is 1. The van der Waals surface area contributed by atoms with Crippen molar-refractivity contribution in [1.82, 2.24) is 10.2 Å². The Labute approximate surface area is 126 Å². The lowest BCUT2D eigenvalue weighted by molar-refractivity contribution is 0.120. The lowest BCUT2D eigenvalue weighted by Gasteiger charge is -2.39. The van der Waals surface area contributed by atoms with Crippen LogP contribution in [0.15, 0.2) is 18.2 Å². The standard InChI is InChI=1S/C15H22Cl2N2/c1-3-4-13-8-18-11(2)9-19(13)10-12-5-6-14(16)15(17)7-12/h5-7,11,13,18H,3-4,8-10H2,1-2H3. The van der Waals surface area contributed by atoms with Crippen LogP contribution in [0.1, 0.15) is 32.3 Å². The van der Waals surface area contributed by atoms with E-state index in [4.69, 9.17) is 23.2 Å². The van der Waals surface area contributed by atoms with Gasteiger partial charge in [0.05, 0.1) is 10.0 Å². The molecular formula is C15H22Cl2N2. The van der Waals surface area contributed by atoms with E-state index in [-0.39, 0.29) is 0 Å². The normalized spacial score (nSPS) is 24.6. The summed E-state index contributed by atoms with van der Waals surface area (Å²) in [7, 11) is 0. The van der Waals surface area contributed by atoms with Gasteiger partial charge in [0, 0.05) is 31.7 Å². The number of halogens is 2. The van der Waals surface area contributed by atoms with E-state index in [9.17, 15) is 0 Å². The van der Waals surface area contributed by atoms with E-state index in [0.717, 1.165) is 19.6 Å². The first kappa shape index (κ1) is 15.1. The second kappa shape index (κ2) is 6.94. The Bertz CT molecular complexity index is 423. The van der Waals surface area contributed by atoms with Crippen molar-refractivity contribution in [3.8, 4) is 0 Å². The minimum Gasteiger partial charge on any atom is -0.311 e. The smallest absolute Gasteiger partial charge is 0.0595 e. The molecule has 1 heterocycles. The van der Waals surface area contributed by atoms with Crippen molar-refractivity contribution in [1.29, 1.82) is 0 Å². The number of hydrogen-bond donors (Lipinski definition) is 1. The van der Waals surface area contributed by atoms with E-state index < -0.39 is 0 Å². The average molecular weight is 301 g/mol. The molecule has 2 nitrogen and oxygen atoms in total. The molecule has 19 heavy (non-hydrogen) atoms. The molecule has 4 heteroatoms. The van der Waals surface area contributed by atoms with Crippen LogP contribution in [0.5, 0.6) is 0 Å². The number of rotatable bonds is 4. The largest absolute Gasteiger partial charge is 0.311 e. The zero-order valence-electron chi connectivity index (χ0n) is 11.6. The van der Waals surface area contributed by atoms with Crippen LogP contribution in [0.3, 0.4) is 0 Å². The molecule has 0 aromatic heterocycles. The molecular weight excluding hydrogens is 279 g/mol. The van der Waals surface area contributed by atoms with Gasteiger partial charge in [-0.05, 0) is 31.0 Å². The quantitative estimate of drug-likeness (QED) is 0.905. The molecule has 1 saturated heterocycles. The number of hydrogen-bond acceptors (Lipinski definition) is 2. The molecule has 1 fully saturated rings. The Balaban J connectivity index is 2.07. The van der Waals surface area contributed by atoms with Gasteiger partial charge < -0.3 is 5.32 Å². The molecule has 0 bridgehead atoms. The Morgan fingerprint density at radius 1 is 1.32 bits per heavy atom. The van der Waals surface area contributed by atoms with Gasteiger partial charge in [-0.25, -0.2) is 0 Å². The molecule has 1 aliphatic rings. The maximum atomic E-state index is 6.09. The Kier molecular flexibility index (Phi) is 5.52. The third-order valence-corrected chi connectivity index (χ3v) is 4.46. The molecule has 2 unspecified atom stereocenters. The highest BCUT2D eigenvalue weighted by molar-refractivity contribution is 6.42. The molecule has 0 amide bonds. The van der Waals surface area contributed by atoms with Crippen molar-refractivity contribution < 1.29 is 0 Å². The molecule has 2 atom stereocenters. The minimum absolute atomic E-state index is 0.552. The van der Waals surface area contributed by atoms with Crippen molar-refractivity contribution in [2.45, 2.75) is 45.3 Å². The van der Waals surface area contributed by atoms with Crippen molar-refractivity contribution in [2.75, 3.05) is 13.1 Å². The van der Waals surface area contributed by atoms with Gasteiger partial charge in [-0.2, -0.15) is 0 Å². The minimum atomic E-state index is 0.552. The summed E-state index contributed by atoms with van der Waals surface area (Å²) in [4.78, 5) is 2.56. The zero-order valence-corrected chi connectivity index (χ0v) is 13.1. The summed E-state index contributed by atoms with van der Waals surface area (Å²) in [5, 5.41) is 4.84. The van der Waals surface area contributed by atoms with Crippen LogP contribution in [0, 0.1) is 0 Å². The molecule has 1 aromatic carbocycles. The third-order valence-electron chi connectivity index (χ3n) is 3.72. The Morgan fingerprint density at radius 2 is 2.11 bits per heavy atom. The van der Waals surface area contributed by atoms with Crippen LogP contribution < -0.4 is 5.32 Å². The number of nitrogens with zero attached hydrogens (tertiary/aromatic N) is 1. The van der Waals surface area contributed by atoms with E-state index in [1.54, 1.807) is 0 Å².